The second-order valence-electron chi connectivity index (χ2n) is 5.47. The molecule has 0 amide bonds. The zero-order chi connectivity index (χ0) is 15.6. The zero-order valence-electron chi connectivity index (χ0n) is 12.4. The molecule has 21 heavy (non-hydrogen) atoms. The Balaban J connectivity index is 2.14. The van der Waals surface area contributed by atoms with Crippen LogP contribution in [0, 0.1) is 12.7 Å². The van der Waals surface area contributed by atoms with E-state index in [1.54, 1.807) is 6.92 Å². The summed E-state index contributed by atoms with van der Waals surface area (Å²) in [6.07, 6.45) is 1.56. The van der Waals surface area contributed by atoms with Crippen molar-refractivity contribution in [3.05, 3.63) is 23.5 Å². The molecule has 1 aliphatic heterocycles. The first kappa shape index (κ1) is 16.2. The van der Waals surface area contributed by atoms with E-state index >= 15 is 0 Å². The van der Waals surface area contributed by atoms with Gasteiger partial charge in [0.1, 0.15) is 5.82 Å². The molecule has 0 radical (unpaired) electrons. The van der Waals surface area contributed by atoms with Crippen LogP contribution in [0.3, 0.4) is 0 Å². The summed E-state index contributed by atoms with van der Waals surface area (Å²) >= 11 is 0. The average molecular weight is 315 g/mol. The Morgan fingerprint density at radius 2 is 2.00 bits per heavy atom. The molecule has 0 bridgehead atoms. The minimum Gasteiger partial charge on any atom is -0.396 e. The predicted molar refractivity (Wildman–Crippen MR) is 81.0 cm³/mol. The van der Waals surface area contributed by atoms with Crippen molar-refractivity contribution in [2.75, 3.05) is 25.4 Å². The van der Waals surface area contributed by atoms with Crippen molar-refractivity contribution in [1.82, 2.24) is 9.62 Å². The van der Waals surface area contributed by atoms with Gasteiger partial charge in [-0.15, -0.1) is 0 Å². The number of halogens is 1. The number of likely N-dealkylation sites (tertiary alicyclic amines) is 1. The fourth-order valence-corrected chi connectivity index (χ4v) is 4.17. The first-order chi connectivity index (χ1) is 9.83. The largest absolute Gasteiger partial charge is 0.396 e. The van der Waals surface area contributed by atoms with Gasteiger partial charge in [-0.2, -0.15) is 0 Å². The number of nitrogens with zero attached hydrogens (tertiary/aromatic N) is 1. The average Bonchev–Trinajstić information content (AvgIpc) is 2.43. The van der Waals surface area contributed by atoms with E-state index in [0.29, 0.717) is 5.56 Å². The number of rotatable bonds is 4. The number of sulfonamides is 1. The minimum atomic E-state index is -3.67. The van der Waals surface area contributed by atoms with Crippen LogP contribution in [-0.4, -0.2) is 39.0 Å². The van der Waals surface area contributed by atoms with Gasteiger partial charge in [0.2, 0.25) is 10.0 Å². The van der Waals surface area contributed by atoms with E-state index in [-0.39, 0.29) is 16.6 Å². The predicted octanol–water partition coefficient (Wildman–Crippen LogP) is 1.48. The summed E-state index contributed by atoms with van der Waals surface area (Å²) < 4.78 is 40.9. The second kappa shape index (κ2) is 6.29. The number of nitrogen functional groups attached to an aromatic ring is 1. The number of nitrogens with one attached hydrogen (secondary N) is 1. The molecule has 1 heterocycles. The van der Waals surface area contributed by atoms with Crippen molar-refractivity contribution in [2.45, 2.75) is 37.6 Å². The van der Waals surface area contributed by atoms with E-state index in [1.165, 1.54) is 6.07 Å². The third kappa shape index (κ3) is 3.72. The maximum Gasteiger partial charge on any atom is 0.241 e. The van der Waals surface area contributed by atoms with Crippen molar-refractivity contribution in [3.63, 3.8) is 0 Å². The third-order valence-corrected chi connectivity index (χ3v) is 5.60. The molecule has 0 aliphatic carbocycles. The zero-order valence-corrected chi connectivity index (χ0v) is 13.2. The van der Waals surface area contributed by atoms with E-state index < -0.39 is 15.8 Å². The molecule has 0 atom stereocenters. The van der Waals surface area contributed by atoms with Crippen LogP contribution < -0.4 is 10.5 Å². The summed E-state index contributed by atoms with van der Waals surface area (Å²) in [6.45, 7) is 6.40. The van der Waals surface area contributed by atoms with Gasteiger partial charge in [0, 0.05) is 6.04 Å². The third-order valence-electron chi connectivity index (χ3n) is 3.94. The highest BCUT2D eigenvalue weighted by molar-refractivity contribution is 7.89. The molecule has 118 valence electrons. The van der Waals surface area contributed by atoms with Crippen LogP contribution in [0.25, 0.3) is 0 Å². The molecule has 1 aromatic rings. The molecule has 1 saturated heterocycles. The van der Waals surface area contributed by atoms with E-state index in [1.807, 2.05) is 0 Å². The summed E-state index contributed by atoms with van der Waals surface area (Å²) in [7, 11) is -3.67. The summed E-state index contributed by atoms with van der Waals surface area (Å²) in [5.41, 5.74) is 5.69. The van der Waals surface area contributed by atoms with Gasteiger partial charge in [-0.3, -0.25) is 0 Å². The van der Waals surface area contributed by atoms with E-state index in [2.05, 4.69) is 16.5 Å². The van der Waals surface area contributed by atoms with Crippen LogP contribution in [0.4, 0.5) is 10.1 Å². The van der Waals surface area contributed by atoms with Crippen LogP contribution in [0.2, 0.25) is 0 Å². The first-order valence-corrected chi connectivity index (χ1v) is 8.62. The summed E-state index contributed by atoms with van der Waals surface area (Å²) in [5, 5.41) is 0. The van der Waals surface area contributed by atoms with E-state index in [4.69, 9.17) is 5.73 Å². The second-order valence-corrected chi connectivity index (χ2v) is 7.15. The number of hydrogen-bond donors (Lipinski definition) is 2. The molecule has 5 nitrogen and oxygen atoms in total. The smallest absolute Gasteiger partial charge is 0.241 e. The van der Waals surface area contributed by atoms with Gasteiger partial charge >= 0.3 is 0 Å². The summed E-state index contributed by atoms with van der Waals surface area (Å²) in [4.78, 5) is 2.34. The van der Waals surface area contributed by atoms with Crippen LogP contribution in [0.15, 0.2) is 17.0 Å². The Kier molecular flexibility index (Phi) is 4.85. The van der Waals surface area contributed by atoms with E-state index in [0.717, 1.165) is 38.5 Å². The topological polar surface area (TPSA) is 75.4 Å². The monoisotopic (exact) mass is 315 g/mol. The molecular formula is C14H22FN3O2S. The molecule has 1 aromatic carbocycles. The van der Waals surface area contributed by atoms with Crippen molar-refractivity contribution in [2.24, 2.45) is 0 Å². The normalized spacial score (nSPS) is 18.0. The van der Waals surface area contributed by atoms with Gasteiger partial charge in [-0.05, 0) is 57.1 Å². The SMILES string of the molecule is CCN1CCC(NS(=O)(=O)c2cc(N)c(F)cc2C)CC1. The molecule has 3 N–H and O–H groups in total. The van der Waals surface area contributed by atoms with Gasteiger partial charge in [-0.1, -0.05) is 6.92 Å². The molecule has 0 unspecified atom stereocenters. The Bertz CT molecular complexity index is 611. The number of aryl methyl sites for hydroxylation is 1. The lowest BCUT2D eigenvalue weighted by Crippen LogP contribution is -2.44. The summed E-state index contributed by atoms with van der Waals surface area (Å²) in [5.74, 6) is -0.595. The molecule has 2 rings (SSSR count). The van der Waals surface area contributed by atoms with Crippen LogP contribution in [0.1, 0.15) is 25.3 Å². The van der Waals surface area contributed by atoms with Crippen molar-refractivity contribution < 1.29 is 12.8 Å². The number of piperidine rings is 1. The first-order valence-electron chi connectivity index (χ1n) is 7.13. The van der Waals surface area contributed by atoms with Crippen molar-refractivity contribution >= 4 is 15.7 Å². The van der Waals surface area contributed by atoms with Gasteiger partial charge in [-0.25, -0.2) is 17.5 Å². The lowest BCUT2D eigenvalue weighted by Gasteiger charge is -2.31. The Hall–Kier alpha value is -1.18. The maximum atomic E-state index is 13.3. The van der Waals surface area contributed by atoms with Crippen LogP contribution >= 0.6 is 0 Å². The number of anilines is 1. The molecule has 0 saturated carbocycles. The fraction of sp³-hybridized carbons (Fsp3) is 0.571. The van der Waals surface area contributed by atoms with Gasteiger partial charge in [0.15, 0.2) is 0 Å². The van der Waals surface area contributed by atoms with Crippen molar-refractivity contribution in [1.29, 1.82) is 0 Å². The number of hydrogen-bond acceptors (Lipinski definition) is 4. The number of benzene rings is 1. The molecule has 0 spiro atoms. The molecule has 0 aromatic heterocycles. The quantitative estimate of drug-likeness (QED) is 0.825. The number of nitrogens with two attached hydrogens (primary N) is 1. The highest BCUT2D eigenvalue weighted by Crippen LogP contribution is 2.22. The lowest BCUT2D eigenvalue weighted by atomic mass is 10.1. The lowest BCUT2D eigenvalue weighted by molar-refractivity contribution is 0.217. The minimum absolute atomic E-state index is 0.0549. The van der Waals surface area contributed by atoms with Gasteiger partial charge in [0.05, 0.1) is 10.6 Å². The maximum absolute atomic E-state index is 13.3. The molecular weight excluding hydrogens is 293 g/mol. The Labute approximate surface area is 125 Å². The fourth-order valence-electron chi connectivity index (χ4n) is 2.61. The van der Waals surface area contributed by atoms with E-state index in [9.17, 15) is 12.8 Å². The molecule has 1 fully saturated rings. The highest BCUT2D eigenvalue weighted by atomic mass is 32.2. The van der Waals surface area contributed by atoms with Crippen LogP contribution in [-0.2, 0) is 10.0 Å². The highest BCUT2D eigenvalue weighted by Gasteiger charge is 2.25. The molecule has 7 heteroatoms. The van der Waals surface area contributed by atoms with Crippen molar-refractivity contribution in [3.8, 4) is 0 Å². The van der Waals surface area contributed by atoms with Crippen LogP contribution in [0.5, 0.6) is 0 Å². The van der Waals surface area contributed by atoms with Gasteiger partial charge in [0.25, 0.3) is 0 Å². The Morgan fingerprint density at radius 3 is 2.57 bits per heavy atom. The standard InChI is InChI=1S/C14H22FN3O2S/c1-3-18-6-4-11(5-7-18)17-21(19,20)14-9-13(16)12(15)8-10(14)2/h8-9,11,17H,3-7,16H2,1-2H3. The Morgan fingerprint density at radius 1 is 1.38 bits per heavy atom. The van der Waals surface area contributed by atoms with Gasteiger partial charge < -0.3 is 10.6 Å². The molecule has 1 aliphatic rings. The summed E-state index contributed by atoms with van der Waals surface area (Å²) in [6, 6.07) is 2.26.